The van der Waals surface area contributed by atoms with E-state index in [0.717, 1.165) is 17.7 Å². The van der Waals surface area contributed by atoms with Gasteiger partial charge in [-0.3, -0.25) is 0 Å². The Kier molecular flexibility index (Phi) is 4.05. The van der Waals surface area contributed by atoms with Crippen LogP contribution in [0.25, 0.3) is 0 Å². The van der Waals surface area contributed by atoms with Gasteiger partial charge in [-0.15, -0.1) is 0 Å². The molecule has 0 saturated carbocycles. The fourth-order valence-electron chi connectivity index (χ4n) is 2.10. The molecule has 1 atom stereocenters. The van der Waals surface area contributed by atoms with E-state index in [9.17, 15) is 9.50 Å². The van der Waals surface area contributed by atoms with E-state index in [4.69, 9.17) is 0 Å². The SMILES string of the molecule is CCC(Nc1ccc(O)c(C)c1)c1ccccc1F. The van der Waals surface area contributed by atoms with Crippen molar-refractivity contribution in [2.24, 2.45) is 0 Å². The molecule has 0 fully saturated rings. The highest BCUT2D eigenvalue weighted by Crippen LogP contribution is 2.27. The summed E-state index contributed by atoms with van der Waals surface area (Å²) in [5.74, 6) is 0.0711. The summed E-state index contributed by atoms with van der Waals surface area (Å²) >= 11 is 0. The van der Waals surface area contributed by atoms with Crippen LogP contribution in [0.1, 0.15) is 30.5 Å². The van der Waals surface area contributed by atoms with Crippen LogP contribution in [0, 0.1) is 12.7 Å². The molecule has 0 aromatic heterocycles. The molecule has 2 aromatic rings. The van der Waals surface area contributed by atoms with Gasteiger partial charge in [0.05, 0.1) is 6.04 Å². The van der Waals surface area contributed by atoms with Gasteiger partial charge in [0.15, 0.2) is 0 Å². The van der Waals surface area contributed by atoms with Crippen LogP contribution in [-0.2, 0) is 0 Å². The summed E-state index contributed by atoms with van der Waals surface area (Å²) in [6.45, 7) is 3.85. The molecule has 2 aromatic carbocycles. The zero-order chi connectivity index (χ0) is 13.8. The van der Waals surface area contributed by atoms with Gasteiger partial charge in [-0.25, -0.2) is 4.39 Å². The van der Waals surface area contributed by atoms with Gasteiger partial charge >= 0.3 is 0 Å². The Hall–Kier alpha value is -2.03. The molecule has 0 radical (unpaired) electrons. The predicted molar refractivity (Wildman–Crippen MR) is 75.9 cm³/mol. The Morgan fingerprint density at radius 1 is 1.21 bits per heavy atom. The second-order valence-corrected chi connectivity index (χ2v) is 4.63. The first-order valence-electron chi connectivity index (χ1n) is 6.42. The maximum Gasteiger partial charge on any atom is 0.128 e. The molecule has 0 aliphatic carbocycles. The topological polar surface area (TPSA) is 32.3 Å². The van der Waals surface area contributed by atoms with Crippen LogP contribution in [0.2, 0.25) is 0 Å². The van der Waals surface area contributed by atoms with Crippen molar-refractivity contribution in [3.8, 4) is 5.75 Å². The Balaban J connectivity index is 2.24. The maximum absolute atomic E-state index is 13.8. The lowest BCUT2D eigenvalue weighted by Gasteiger charge is -2.19. The van der Waals surface area contributed by atoms with Gasteiger partial charge < -0.3 is 10.4 Å². The van der Waals surface area contributed by atoms with Crippen LogP contribution in [0.3, 0.4) is 0 Å². The fraction of sp³-hybridized carbons (Fsp3) is 0.250. The van der Waals surface area contributed by atoms with Gasteiger partial charge in [0.1, 0.15) is 11.6 Å². The molecule has 2 rings (SSSR count). The standard InChI is InChI=1S/C16H18FNO/c1-3-15(13-6-4-5-7-14(13)17)18-12-8-9-16(19)11(2)10-12/h4-10,15,18-19H,3H2,1-2H3. The van der Waals surface area contributed by atoms with E-state index in [2.05, 4.69) is 5.32 Å². The first-order chi connectivity index (χ1) is 9.11. The largest absolute Gasteiger partial charge is 0.508 e. The molecular weight excluding hydrogens is 241 g/mol. The van der Waals surface area contributed by atoms with E-state index in [-0.39, 0.29) is 17.6 Å². The Bertz CT molecular complexity index is 568. The Morgan fingerprint density at radius 3 is 2.58 bits per heavy atom. The van der Waals surface area contributed by atoms with Crippen molar-refractivity contribution in [2.45, 2.75) is 26.3 Å². The number of nitrogens with one attached hydrogen (secondary N) is 1. The van der Waals surface area contributed by atoms with Crippen LogP contribution in [0.5, 0.6) is 5.75 Å². The molecule has 2 nitrogen and oxygen atoms in total. The third kappa shape index (κ3) is 3.05. The number of hydrogen-bond acceptors (Lipinski definition) is 2. The number of halogens is 1. The van der Waals surface area contributed by atoms with Crippen LogP contribution < -0.4 is 5.32 Å². The number of rotatable bonds is 4. The molecule has 1 unspecified atom stereocenters. The van der Waals surface area contributed by atoms with E-state index in [0.29, 0.717) is 5.56 Å². The lowest BCUT2D eigenvalue weighted by atomic mass is 10.0. The number of hydrogen-bond donors (Lipinski definition) is 2. The minimum absolute atomic E-state index is 0.0786. The summed E-state index contributed by atoms with van der Waals surface area (Å²) in [5.41, 5.74) is 2.34. The van der Waals surface area contributed by atoms with E-state index in [1.807, 2.05) is 26.0 Å². The summed E-state index contributed by atoms with van der Waals surface area (Å²) in [6.07, 6.45) is 0.779. The van der Waals surface area contributed by atoms with Gasteiger partial charge in [-0.1, -0.05) is 25.1 Å². The molecule has 0 aliphatic heterocycles. The van der Waals surface area contributed by atoms with Crippen LogP contribution >= 0.6 is 0 Å². The van der Waals surface area contributed by atoms with Gasteiger partial charge in [-0.05, 0) is 43.2 Å². The number of phenolic OH excluding ortho intramolecular Hbond substituents is 1. The van der Waals surface area contributed by atoms with E-state index >= 15 is 0 Å². The van der Waals surface area contributed by atoms with Crippen molar-refractivity contribution in [2.75, 3.05) is 5.32 Å². The van der Waals surface area contributed by atoms with Crippen LogP contribution in [0.15, 0.2) is 42.5 Å². The number of phenols is 1. The highest BCUT2D eigenvalue weighted by Gasteiger charge is 2.13. The van der Waals surface area contributed by atoms with Crippen LogP contribution in [0.4, 0.5) is 10.1 Å². The molecule has 100 valence electrons. The minimum Gasteiger partial charge on any atom is -0.508 e. The summed E-state index contributed by atoms with van der Waals surface area (Å²) in [7, 11) is 0. The fourth-order valence-corrected chi connectivity index (χ4v) is 2.10. The predicted octanol–water partition coefficient (Wildman–Crippen LogP) is 4.40. The summed E-state index contributed by atoms with van der Waals surface area (Å²) in [5, 5.41) is 12.8. The second-order valence-electron chi connectivity index (χ2n) is 4.63. The monoisotopic (exact) mass is 259 g/mol. The molecule has 0 aliphatic rings. The van der Waals surface area contributed by atoms with Crippen LogP contribution in [-0.4, -0.2) is 5.11 Å². The molecule has 2 N–H and O–H groups in total. The van der Waals surface area contributed by atoms with Crippen molar-refractivity contribution in [1.29, 1.82) is 0 Å². The van der Waals surface area contributed by atoms with Gasteiger partial charge in [0, 0.05) is 11.3 Å². The molecule has 0 spiro atoms. The average Bonchev–Trinajstić information content (AvgIpc) is 2.41. The quantitative estimate of drug-likeness (QED) is 0.797. The number of aryl methyl sites for hydroxylation is 1. The van der Waals surface area contributed by atoms with Gasteiger partial charge in [-0.2, -0.15) is 0 Å². The van der Waals surface area contributed by atoms with E-state index in [1.54, 1.807) is 24.3 Å². The Morgan fingerprint density at radius 2 is 1.95 bits per heavy atom. The maximum atomic E-state index is 13.8. The summed E-state index contributed by atoms with van der Waals surface area (Å²) < 4.78 is 13.8. The van der Waals surface area contributed by atoms with Gasteiger partial charge in [0.25, 0.3) is 0 Å². The van der Waals surface area contributed by atoms with Crippen molar-refractivity contribution >= 4 is 5.69 Å². The minimum atomic E-state index is -0.197. The lowest BCUT2D eigenvalue weighted by Crippen LogP contribution is -2.11. The highest BCUT2D eigenvalue weighted by molar-refractivity contribution is 5.51. The first kappa shape index (κ1) is 13.4. The van der Waals surface area contributed by atoms with E-state index < -0.39 is 0 Å². The average molecular weight is 259 g/mol. The lowest BCUT2D eigenvalue weighted by molar-refractivity contribution is 0.471. The summed E-state index contributed by atoms with van der Waals surface area (Å²) in [4.78, 5) is 0. The highest BCUT2D eigenvalue weighted by atomic mass is 19.1. The zero-order valence-electron chi connectivity index (χ0n) is 11.2. The molecule has 3 heteroatoms. The first-order valence-corrected chi connectivity index (χ1v) is 6.42. The van der Waals surface area contributed by atoms with Gasteiger partial charge in [0.2, 0.25) is 0 Å². The molecule has 0 amide bonds. The third-order valence-corrected chi connectivity index (χ3v) is 3.23. The molecule has 0 heterocycles. The van der Waals surface area contributed by atoms with Crippen molar-refractivity contribution in [3.05, 3.63) is 59.4 Å². The van der Waals surface area contributed by atoms with Crippen molar-refractivity contribution in [3.63, 3.8) is 0 Å². The zero-order valence-corrected chi connectivity index (χ0v) is 11.2. The molecule has 19 heavy (non-hydrogen) atoms. The number of benzene rings is 2. The molecular formula is C16H18FNO. The number of anilines is 1. The second kappa shape index (κ2) is 5.74. The Labute approximate surface area is 112 Å². The molecule has 0 bridgehead atoms. The summed E-state index contributed by atoms with van der Waals surface area (Å²) in [6, 6.07) is 12.0. The smallest absolute Gasteiger partial charge is 0.128 e. The normalized spacial score (nSPS) is 12.2. The van der Waals surface area contributed by atoms with Crippen molar-refractivity contribution < 1.29 is 9.50 Å². The number of aromatic hydroxyl groups is 1. The molecule has 0 saturated heterocycles. The third-order valence-electron chi connectivity index (χ3n) is 3.23. The van der Waals surface area contributed by atoms with Crippen molar-refractivity contribution in [1.82, 2.24) is 0 Å². The van der Waals surface area contributed by atoms with E-state index in [1.165, 1.54) is 6.07 Å².